The average Bonchev–Trinajstić information content (AvgIpc) is 3.12. The Morgan fingerprint density at radius 2 is 2.15 bits per heavy atom. The van der Waals surface area contributed by atoms with Crippen LogP contribution >= 0.6 is 0 Å². The van der Waals surface area contributed by atoms with Gasteiger partial charge in [0, 0.05) is 30.8 Å². The van der Waals surface area contributed by atoms with Crippen LogP contribution in [-0.2, 0) is 11.2 Å². The molecule has 2 unspecified atom stereocenters. The summed E-state index contributed by atoms with van der Waals surface area (Å²) in [6, 6.07) is 5.23. The first kappa shape index (κ1) is 18.9. The second kappa shape index (κ2) is 7.77. The number of nitrogens with zero attached hydrogens (tertiary/aromatic N) is 3. The number of hydrogen-bond donors (Lipinski definition) is 2. The Morgan fingerprint density at radius 3 is 2.81 bits per heavy atom. The molecule has 1 aromatic heterocycles. The number of aliphatic carboxylic acids is 1. The van der Waals surface area contributed by atoms with Gasteiger partial charge in [-0.3, -0.25) is 4.79 Å². The zero-order chi connectivity index (χ0) is 19.6. The van der Waals surface area contributed by atoms with Crippen molar-refractivity contribution in [2.75, 3.05) is 18.4 Å². The number of benzene rings is 1. The largest absolute Gasteiger partial charge is 0.481 e. The molecule has 2 aromatic rings. The van der Waals surface area contributed by atoms with Crippen LogP contribution in [0.15, 0.2) is 22.7 Å². The van der Waals surface area contributed by atoms with Crippen LogP contribution in [0.1, 0.15) is 31.7 Å². The molecule has 0 radical (unpaired) electrons. The van der Waals surface area contributed by atoms with Crippen molar-refractivity contribution >= 4 is 17.7 Å². The van der Waals surface area contributed by atoms with Crippen molar-refractivity contribution in [3.05, 3.63) is 29.6 Å². The maximum atomic E-state index is 12.7. The number of likely N-dealkylation sites (tertiary alicyclic amines) is 1. The zero-order valence-electron chi connectivity index (χ0n) is 15.7. The number of aromatic nitrogens is 2. The zero-order valence-corrected chi connectivity index (χ0v) is 15.7. The third kappa shape index (κ3) is 4.27. The number of carbonyl (C=O) groups is 2. The first-order valence-corrected chi connectivity index (χ1v) is 9.09. The number of urea groups is 1. The molecular formula is C19H24N4O4. The van der Waals surface area contributed by atoms with Gasteiger partial charge in [-0.05, 0) is 37.0 Å². The summed E-state index contributed by atoms with van der Waals surface area (Å²) in [5.74, 6) is -0.222. The Kier molecular flexibility index (Phi) is 5.43. The number of carboxylic acid groups (broad SMARTS) is 1. The maximum Gasteiger partial charge on any atom is 0.321 e. The summed E-state index contributed by atoms with van der Waals surface area (Å²) < 4.78 is 5.26. The topological polar surface area (TPSA) is 109 Å². The van der Waals surface area contributed by atoms with E-state index in [0.717, 1.165) is 11.1 Å². The first-order chi connectivity index (χ1) is 12.9. The van der Waals surface area contributed by atoms with E-state index >= 15 is 0 Å². The quantitative estimate of drug-likeness (QED) is 0.853. The van der Waals surface area contributed by atoms with Crippen molar-refractivity contribution in [2.45, 2.75) is 33.6 Å². The van der Waals surface area contributed by atoms with E-state index in [4.69, 9.17) is 4.52 Å². The molecule has 0 saturated carbocycles. The standard InChI is InChI=1S/C19H24N4O4/c1-4-16-21-17(27-22-16)13-6-5-12(3)15(8-13)20-19(26)23-9-11(2)7-14(10-23)18(24)25/h5-6,8,11,14H,4,7,9-10H2,1-3H3,(H,20,26)(H,24,25). The van der Waals surface area contributed by atoms with E-state index < -0.39 is 11.9 Å². The Bertz CT molecular complexity index is 848. The number of amides is 2. The van der Waals surface area contributed by atoms with Crippen LogP contribution in [-0.4, -0.2) is 45.2 Å². The highest BCUT2D eigenvalue weighted by Gasteiger charge is 2.32. The van der Waals surface area contributed by atoms with E-state index in [1.54, 1.807) is 11.0 Å². The summed E-state index contributed by atoms with van der Waals surface area (Å²) in [5, 5.41) is 16.1. The smallest absolute Gasteiger partial charge is 0.321 e. The van der Waals surface area contributed by atoms with Crippen molar-refractivity contribution in [1.29, 1.82) is 0 Å². The SMILES string of the molecule is CCc1noc(-c2ccc(C)c(NC(=O)N3CC(C)CC(C(=O)O)C3)c2)n1. The fourth-order valence-electron chi connectivity index (χ4n) is 3.30. The fraction of sp³-hybridized carbons (Fsp3) is 0.474. The van der Waals surface area contributed by atoms with Crippen LogP contribution in [0.4, 0.5) is 10.5 Å². The molecule has 1 aliphatic rings. The van der Waals surface area contributed by atoms with E-state index in [2.05, 4.69) is 15.5 Å². The number of aryl methyl sites for hydroxylation is 2. The van der Waals surface area contributed by atoms with Gasteiger partial charge in [0.1, 0.15) is 0 Å². The third-order valence-electron chi connectivity index (χ3n) is 4.81. The van der Waals surface area contributed by atoms with Gasteiger partial charge in [-0.15, -0.1) is 0 Å². The van der Waals surface area contributed by atoms with Gasteiger partial charge in [0.25, 0.3) is 5.89 Å². The molecule has 1 aliphatic heterocycles. The molecule has 144 valence electrons. The summed E-state index contributed by atoms with van der Waals surface area (Å²) in [4.78, 5) is 29.9. The van der Waals surface area contributed by atoms with Gasteiger partial charge in [-0.2, -0.15) is 4.98 Å². The monoisotopic (exact) mass is 372 g/mol. The molecule has 2 atom stereocenters. The summed E-state index contributed by atoms with van der Waals surface area (Å²) in [6.07, 6.45) is 1.27. The van der Waals surface area contributed by atoms with Gasteiger partial charge in [-0.1, -0.05) is 25.1 Å². The predicted octanol–water partition coefficient (Wildman–Crippen LogP) is 3.18. The molecule has 0 aliphatic carbocycles. The normalized spacial score (nSPS) is 19.7. The second-order valence-corrected chi connectivity index (χ2v) is 7.11. The number of piperidine rings is 1. The van der Waals surface area contributed by atoms with Crippen molar-refractivity contribution in [3.8, 4) is 11.5 Å². The van der Waals surface area contributed by atoms with Gasteiger partial charge >= 0.3 is 12.0 Å². The molecule has 1 aromatic carbocycles. The van der Waals surface area contributed by atoms with Crippen LogP contribution in [0.3, 0.4) is 0 Å². The number of hydrogen-bond acceptors (Lipinski definition) is 5. The molecule has 0 bridgehead atoms. The molecule has 1 fully saturated rings. The minimum Gasteiger partial charge on any atom is -0.481 e. The highest BCUT2D eigenvalue weighted by atomic mass is 16.5. The van der Waals surface area contributed by atoms with E-state index in [1.807, 2.05) is 32.9 Å². The van der Waals surface area contributed by atoms with Gasteiger partial charge in [-0.25, -0.2) is 4.79 Å². The average molecular weight is 372 g/mol. The van der Waals surface area contributed by atoms with Crippen LogP contribution in [0.2, 0.25) is 0 Å². The molecule has 27 heavy (non-hydrogen) atoms. The Hall–Kier alpha value is -2.90. The molecule has 2 heterocycles. The molecule has 2 amide bonds. The van der Waals surface area contributed by atoms with Crippen LogP contribution in [0, 0.1) is 18.8 Å². The Morgan fingerprint density at radius 1 is 1.37 bits per heavy atom. The minimum atomic E-state index is -0.861. The Balaban J connectivity index is 1.77. The van der Waals surface area contributed by atoms with E-state index in [9.17, 15) is 14.7 Å². The minimum absolute atomic E-state index is 0.142. The van der Waals surface area contributed by atoms with E-state index in [-0.39, 0.29) is 18.5 Å². The molecule has 8 nitrogen and oxygen atoms in total. The number of carboxylic acids is 1. The van der Waals surface area contributed by atoms with E-state index in [1.165, 1.54) is 0 Å². The molecule has 1 saturated heterocycles. The summed E-state index contributed by atoms with van der Waals surface area (Å²) in [5.41, 5.74) is 2.25. The van der Waals surface area contributed by atoms with Gasteiger partial charge in [0.05, 0.1) is 5.92 Å². The molecule has 2 N–H and O–H groups in total. The van der Waals surface area contributed by atoms with Crippen molar-refractivity contribution in [2.24, 2.45) is 11.8 Å². The highest BCUT2D eigenvalue weighted by molar-refractivity contribution is 5.91. The number of nitrogens with one attached hydrogen (secondary N) is 1. The predicted molar refractivity (Wildman–Crippen MR) is 99.3 cm³/mol. The van der Waals surface area contributed by atoms with Gasteiger partial charge in [0.2, 0.25) is 0 Å². The van der Waals surface area contributed by atoms with Gasteiger partial charge in [0.15, 0.2) is 5.82 Å². The number of carbonyl (C=O) groups excluding carboxylic acids is 1. The van der Waals surface area contributed by atoms with Crippen molar-refractivity contribution in [1.82, 2.24) is 15.0 Å². The maximum absolute atomic E-state index is 12.7. The van der Waals surface area contributed by atoms with Crippen LogP contribution < -0.4 is 5.32 Å². The number of anilines is 1. The van der Waals surface area contributed by atoms with E-state index in [0.29, 0.717) is 36.8 Å². The van der Waals surface area contributed by atoms with Crippen molar-refractivity contribution in [3.63, 3.8) is 0 Å². The van der Waals surface area contributed by atoms with Crippen molar-refractivity contribution < 1.29 is 19.2 Å². The Labute approximate surface area is 157 Å². The molecule has 8 heteroatoms. The molecular weight excluding hydrogens is 348 g/mol. The lowest BCUT2D eigenvalue weighted by Gasteiger charge is -2.34. The summed E-state index contributed by atoms with van der Waals surface area (Å²) in [7, 11) is 0. The van der Waals surface area contributed by atoms with Crippen LogP contribution in [0.5, 0.6) is 0 Å². The second-order valence-electron chi connectivity index (χ2n) is 7.11. The lowest BCUT2D eigenvalue weighted by molar-refractivity contribution is -0.143. The first-order valence-electron chi connectivity index (χ1n) is 9.09. The third-order valence-corrected chi connectivity index (χ3v) is 4.81. The highest BCUT2D eigenvalue weighted by Crippen LogP contribution is 2.26. The fourth-order valence-corrected chi connectivity index (χ4v) is 3.30. The summed E-state index contributed by atoms with van der Waals surface area (Å²) in [6.45, 7) is 6.55. The molecule has 0 spiro atoms. The van der Waals surface area contributed by atoms with Crippen LogP contribution in [0.25, 0.3) is 11.5 Å². The summed E-state index contributed by atoms with van der Waals surface area (Å²) >= 11 is 0. The lowest BCUT2D eigenvalue weighted by Crippen LogP contribution is -2.47. The number of rotatable bonds is 4. The van der Waals surface area contributed by atoms with Gasteiger partial charge < -0.3 is 19.8 Å². The molecule has 3 rings (SSSR count). The lowest BCUT2D eigenvalue weighted by atomic mass is 9.91.